The molecule has 1 saturated carbocycles. The Balaban J connectivity index is 2.57. The second kappa shape index (κ2) is 15.0. The predicted octanol–water partition coefficient (Wildman–Crippen LogP) is 9.03. The van der Waals surface area contributed by atoms with Gasteiger partial charge in [0.15, 0.2) is 0 Å². The summed E-state index contributed by atoms with van der Waals surface area (Å²) >= 11 is 0. The molecule has 160 valence electrons. The van der Waals surface area contributed by atoms with Crippen LogP contribution >= 0.6 is 0 Å². The van der Waals surface area contributed by atoms with Gasteiger partial charge in [-0.05, 0) is 11.8 Å². The third-order valence-electron chi connectivity index (χ3n) is 8.00. The molecule has 0 aromatic rings. The van der Waals surface area contributed by atoms with Crippen LogP contribution in [0.3, 0.4) is 0 Å². The third-order valence-corrected chi connectivity index (χ3v) is 8.00. The summed E-state index contributed by atoms with van der Waals surface area (Å²) in [6.45, 7) is 7.54. The van der Waals surface area contributed by atoms with E-state index in [4.69, 9.17) is 0 Å². The van der Waals surface area contributed by atoms with Crippen molar-refractivity contribution in [1.29, 1.82) is 0 Å². The smallest absolute Gasteiger partial charge is 0.0654 e. The molecule has 0 bridgehead atoms. The van der Waals surface area contributed by atoms with Gasteiger partial charge < -0.3 is 0 Å². The maximum Gasteiger partial charge on any atom is 0.110 e. The fraction of sp³-hybridized carbons (Fsp3) is 1.00. The predicted molar refractivity (Wildman–Crippen MR) is 128 cm³/mol. The lowest BCUT2D eigenvalue weighted by atomic mass is 9.48. The molecule has 1 atom stereocenters. The Morgan fingerprint density at radius 2 is 0.963 bits per heavy atom. The molecule has 0 aromatic carbocycles. The molecule has 0 nitrogen and oxygen atoms in total. The van der Waals surface area contributed by atoms with Gasteiger partial charge in [-0.3, -0.25) is 0 Å². The third kappa shape index (κ3) is 11.0. The highest BCUT2D eigenvalue weighted by atomic mass is 14.4. The second-order valence-corrected chi connectivity index (χ2v) is 10.7. The normalized spacial score (nSPS) is 27.1. The lowest BCUT2D eigenvalue weighted by Crippen LogP contribution is -2.32. The van der Waals surface area contributed by atoms with Gasteiger partial charge in [-0.25, -0.2) is 0 Å². The molecular formula is C26H53B. The molecule has 1 heteroatoms. The van der Waals surface area contributed by atoms with Gasteiger partial charge in [-0.15, -0.1) is 0 Å². The van der Waals surface area contributed by atoms with Crippen molar-refractivity contribution < 1.29 is 0 Å². The summed E-state index contributed by atoms with van der Waals surface area (Å²) in [6, 6.07) is 0. The van der Waals surface area contributed by atoms with E-state index in [0.717, 1.165) is 0 Å². The molecule has 0 spiro atoms. The first-order chi connectivity index (χ1) is 13.0. The molecule has 0 aromatic heterocycles. The molecular weight excluding hydrogens is 323 g/mol. The molecule has 0 radical (unpaired) electrons. The zero-order valence-electron chi connectivity index (χ0n) is 19.8. The van der Waals surface area contributed by atoms with Crippen LogP contribution in [0.4, 0.5) is 0 Å². The topological polar surface area (TPSA) is 0 Å². The van der Waals surface area contributed by atoms with Crippen molar-refractivity contribution in [1.82, 2.24) is 0 Å². The van der Waals surface area contributed by atoms with Crippen molar-refractivity contribution in [3.8, 4) is 0 Å². The maximum atomic E-state index is 2.65. The van der Waals surface area contributed by atoms with Crippen LogP contribution in [0.5, 0.6) is 0 Å². The van der Waals surface area contributed by atoms with E-state index >= 15 is 0 Å². The number of unbranched alkanes of at least 4 members (excludes halogenated alkanes) is 4. The van der Waals surface area contributed by atoms with E-state index in [1.807, 2.05) is 0 Å². The lowest BCUT2D eigenvalue weighted by Gasteiger charge is -2.46. The molecule has 1 aliphatic carbocycles. The van der Waals surface area contributed by atoms with Gasteiger partial charge >= 0.3 is 0 Å². The van der Waals surface area contributed by atoms with Crippen LogP contribution in [0.2, 0.25) is 5.31 Å². The van der Waals surface area contributed by atoms with Crippen molar-refractivity contribution in [2.24, 2.45) is 5.41 Å². The Morgan fingerprint density at radius 3 is 1.44 bits per heavy atom. The monoisotopic (exact) mass is 376 g/mol. The first kappa shape index (κ1) is 25.1. The Kier molecular flexibility index (Phi) is 13.9. The molecule has 0 saturated heterocycles. The summed E-state index contributed by atoms with van der Waals surface area (Å²) in [5.74, 6) is 0. The largest absolute Gasteiger partial charge is 0.110 e. The van der Waals surface area contributed by atoms with Crippen molar-refractivity contribution in [3.05, 3.63) is 0 Å². The van der Waals surface area contributed by atoms with E-state index in [-0.39, 0.29) is 0 Å². The van der Waals surface area contributed by atoms with E-state index < -0.39 is 0 Å². The van der Waals surface area contributed by atoms with Gasteiger partial charge in [0.05, 0.1) is 0 Å². The molecule has 0 heterocycles. The fourth-order valence-electron chi connectivity index (χ4n) is 5.25. The molecule has 0 amide bonds. The minimum atomic E-state index is 0.506. The summed E-state index contributed by atoms with van der Waals surface area (Å²) < 4.78 is 0. The van der Waals surface area contributed by atoms with Crippen LogP contribution in [0.15, 0.2) is 0 Å². The van der Waals surface area contributed by atoms with Crippen LogP contribution in [-0.4, -0.2) is 7.85 Å². The zero-order valence-corrected chi connectivity index (χ0v) is 19.8. The Hall–Kier alpha value is 0.0649. The standard InChI is InChI=1S/C26H53B/c1-4-5-6-16-20-23-26(27)24-21-18-15-13-11-9-7-8-10-12-14-17-19-22-25(26,2)3/h4-24,27H2,1-3H3. The van der Waals surface area contributed by atoms with Crippen LogP contribution in [0.1, 0.15) is 156 Å². The van der Waals surface area contributed by atoms with Crippen molar-refractivity contribution in [2.45, 2.75) is 161 Å². The van der Waals surface area contributed by atoms with Crippen molar-refractivity contribution in [3.63, 3.8) is 0 Å². The first-order valence-electron chi connectivity index (χ1n) is 13.0. The molecule has 1 unspecified atom stereocenters. The molecule has 1 aliphatic rings. The van der Waals surface area contributed by atoms with Gasteiger partial charge in [-0.2, -0.15) is 0 Å². The van der Waals surface area contributed by atoms with E-state index in [9.17, 15) is 0 Å². The first-order valence-corrected chi connectivity index (χ1v) is 13.0. The van der Waals surface area contributed by atoms with Gasteiger partial charge in [0.25, 0.3) is 0 Å². The van der Waals surface area contributed by atoms with Gasteiger partial charge in [0.2, 0.25) is 0 Å². The summed E-state index contributed by atoms with van der Waals surface area (Å²) in [4.78, 5) is 0. The summed E-state index contributed by atoms with van der Waals surface area (Å²) in [5.41, 5.74) is 0.506. The summed E-state index contributed by atoms with van der Waals surface area (Å²) in [5, 5.41) is 0.549. The lowest BCUT2D eigenvalue weighted by molar-refractivity contribution is 0.176. The van der Waals surface area contributed by atoms with Gasteiger partial charge in [0.1, 0.15) is 7.85 Å². The molecule has 27 heavy (non-hydrogen) atoms. The maximum absolute atomic E-state index is 2.65. The Labute approximate surface area is 174 Å². The second-order valence-electron chi connectivity index (χ2n) is 10.7. The average molecular weight is 377 g/mol. The molecule has 0 aliphatic heterocycles. The van der Waals surface area contributed by atoms with Crippen LogP contribution in [-0.2, 0) is 0 Å². The van der Waals surface area contributed by atoms with Crippen LogP contribution in [0.25, 0.3) is 0 Å². The number of rotatable bonds is 6. The average Bonchev–Trinajstić information content (AvgIpc) is 2.64. The van der Waals surface area contributed by atoms with E-state index in [1.165, 1.54) is 135 Å². The number of hydrogen-bond donors (Lipinski definition) is 0. The van der Waals surface area contributed by atoms with Crippen LogP contribution in [0, 0.1) is 5.41 Å². The highest BCUT2D eigenvalue weighted by molar-refractivity contribution is 6.15. The summed E-state index contributed by atoms with van der Waals surface area (Å²) in [6.07, 6.45) is 30.8. The van der Waals surface area contributed by atoms with Gasteiger partial charge in [-0.1, -0.05) is 155 Å². The van der Waals surface area contributed by atoms with E-state index in [1.54, 1.807) is 0 Å². The molecule has 1 rings (SSSR count). The minimum Gasteiger partial charge on any atom is -0.0654 e. The van der Waals surface area contributed by atoms with E-state index in [2.05, 4.69) is 28.6 Å². The van der Waals surface area contributed by atoms with Crippen molar-refractivity contribution >= 4 is 7.85 Å². The number of hydrogen-bond acceptors (Lipinski definition) is 0. The Morgan fingerprint density at radius 1 is 0.556 bits per heavy atom. The Bertz CT molecular complexity index is 335. The minimum absolute atomic E-state index is 0.506. The van der Waals surface area contributed by atoms with Crippen molar-refractivity contribution in [2.75, 3.05) is 0 Å². The highest BCUT2D eigenvalue weighted by Gasteiger charge is 2.38. The fourth-order valence-corrected chi connectivity index (χ4v) is 5.25. The van der Waals surface area contributed by atoms with Gasteiger partial charge in [0, 0.05) is 0 Å². The highest BCUT2D eigenvalue weighted by Crippen LogP contribution is 2.53. The van der Waals surface area contributed by atoms with E-state index in [0.29, 0.717) is 10.7 Å². The zero-order chi connectivity index (χ0) is 19.8. The molecule has 1 fully saturated rings. The quantitative estimate of drug-likeness (QED) is 0.320. The summed E-state index contributed by atoms with van der Waals surface area (Å²) in [7, 11) is 2.65. The SMILES string of the molecule is BC1(CCCCCCC)CCCCCCCCCCCCCCCC1(C)C. The molecule has 0 N–H and O–H groups in total. The van der Waals surface area contributed by atoms with Crippen LogP contribution < -0.4 is 0 Å².